The van der Waals surface area contributed by atoms with E-state index >= 15 is 0 Å². The Hall–Kier alpha value is -3.84. The number of hydrogen-bond donors (Lipinski definition) is 1. The number of hydrogen-bond acceptors (Lipinski definition) is 10. The molecule has 0 saturated carbocycles. The maximum Gasteiger partial charge on any atom is 0.246 e. The summed E-state index contributed by atoms with van der Waals surface area (Å²) in [6, 6.07) is 5.91. The largest absolute Gasteiger partial charge is 0.378 e. The van der Waals surface area contributed by atoms with Gasteiger partial charge in [0.15, 0.2) is 0 Å². The molecule has 0 bridgehead atoms. The fraction of sp³-hybridized carbons (Fsp3) is 0.543. The number of amides is 1. The topological polar surface area (TPSA) is 121 Å². The molecule has 1 aromatic carbocycles. The van der Waals surface area contributed by atoms with Crippen molar-refractivity contribution in [2.45, 2.75) is 63.8 Å². The minimum absolute atomic E-state index is 0.0608. The molecule has 13 heteroatoms. The number of benzene rings is 1. The van der Waals surface area contributed by atoms with Gasteiger partial charge >= 0.3 is 0 Å². The first-order chi connectivity index (χ1) is 23.0. The van der Waals surface area contributed by atoms with E-state index in [4.69, 9.17) is 14.7 Å². The van der Waals surface area contributed by atoms with Crippen LogP contribution in [-0.2, 0) is 19.4 Å². The predicted octanol–water partition coefficient (Wildman–Crippen LogP) is 5.18. The molecule has 258 valence electrons. The van der Waals surface area contributed by atoms with E-state index in [2.05, 4.69) is 41.7 Å². The zero-order valence-corrected chi connectivity index (χ0v) is 29.0. The minimum Gasteiger partial charge on any atom is -0.378 e. The summed E-state index contributed by atoms with van der Waals surface area (Å²) in [6.07, 6.45) is 8.02. The Morgan fingerprint density at radius 2 is 1.90 bits per heavy atom. The van der Waals surface area contributed by atoms with Gasteiger partial charge in [0.2, 0.25) is 11.9 Å². The highest BCUT2D eigenvalue weighted by Crippen LogP contribution is 2.44. The number of halogens is 1. The van der Waals surface area contributed by atoms with Crippen molar-refractivity contribution >= 4 is 49.8 Å². The Morgan fingerprint density at radius 3 is 2.58 bits per heavy atom. The second kappa shape index (κ2) is 13.9. The number of sulfone groups is 1. The molecule has 0 aliphatic carbocycles. The van der Waals surface area contributed by atoms with Gasteiger partial charge < -0.3 is 24.8 Å². The van der Waals surface area contributed by atoms with E-state index in [1.807, 2.05) is 22.1 Å². The fourth-order valence-corrected chi connectivity index (χ4v) is 8.63. The quantitative estimate of drug-likeness (QED) is 0.287. The molecule has 0 spiro atoms. The molecule has 11 nitrogen and oxygen atoms in total. The van der Waals surface area contributed by atoms with Crippen molar-refractivity contribution in [3.05, 3.63) is 54.4 Å². The number of carbonyl (C=O) groups excluding carboxylic acids is 1. The van der Waals surface area contributed by atoms with Gasteiger partial charge in [-0.05, 0) is 72.4 Å². The van der Waals surface area contributed by atoms with Crippen LogP contribution in [-0.4, -0.2) is 98.3 Å². The molecule has 3 aliphatic rings. The van der Waals surface area contributed by atoms with Gasteiger partial charge in [0.1, 0.15) is 27.6 Å². The Balaban J connectivity index is 1.39. The third-order valence-electron chi connectivity index (χ3n) is 9.77. The van der Waals surface area contributed by atoms with Gasteiger partial charge in [-0.2, -0.15) is 4.98 Å². The normalized spacial score (nSPS) is 22.2. The lowest BCUT2D eigenvalue weighted by molar-refractivity contribution is -0.129. The SMILES string of the molecule is C=CC(=O)N1CCCC[C@@H]1c1cc(N2CC(CS(C)(=O)=O)C2)c2cnc(Nc3ccnc(N4CC[C@@H](OC)[C@@H](F)C4)n3)cc2c1C(C)C. The summed E-state index contributed by atoms with van der Waals surface area (Å²) in [4.78, 5) is 33.0. The summed E-state index contributed by atoms with van der Waals surface area (Å²) >= 11 is 0. The van der Waals surface area contributed by atoms with Crippen LogP contribution in [0.1, 0.15) is 62.6 Å². The van der Waals surface area contributed by atoms with Crippen LogP contribution < -0.4 is 15.1 Å². The third kappa shape index (κ3) is 7.12. The lowest BCUT2D eigenvalue weighted by Gasteiger charge is -2.43. The number of likely N-dealkylation sites (tertiary alicyclic amines) is 1. The van der Waals surface area contributed by atoms with Crippen molar-refractivity contribution in [3.63, 3.8) is 0 Å². The molecule has 2 aromatic heterocycles. The van der Waals surface area contributed by atoms with Crippen LogP contribution in [0.25, 0.3) is 10.8 Å². The van der Waals surface area contributed by atoms with E-state index in [0.717, 1.165) is 46.8 Å². The van der Waals surface area contributed by atoms with Crippen molar-refractivity contribution in [2.75, 3.05) is 67.0 Å². The van der Waals surface area contributed by atoms with E-state index in [0.29, 0.717) is 50.2 Å². The maximum absolute atomic E-state index is 14.6. The molecule has 6 rings (SSSR count). The summed E-state index contributed by atoms with van der Waals surface area (Å²) in [5.74, 6) is 1.86. The standard InChI is InChI=1S/C35H46FN7O4S/c1-6-33(44)43-13-8-7-9-28(43)25-15-29(42-18-23(19-42)21-48(5,45)46)26-17-38-32(16-24(26)34(25)22(2)3)39-31-10-12-37-35(40-31)41-14-11-30(47-4)27(36)20-41/h6,10,12,15-17,22-23,27-28,30H,1,7-9,11,13-14,18-21H2,2-5H3,(H,37,38,39,40)/t27-,28+,30+/m0/s1. The number of aromatic nitrogens is 3. The van der Waals surface area contributed by atoms with E-state index < -0.39 is 22.1 Å². The highest BCUT2D eigenvalue weighted by molar-refractivity contribution is 7.90. The first kappa shape index (κ1) is 34.0. The van der Waals surface area contributed by atoms with E-state index in [1.165, 1.54) is 19.4 Å². The molecular formula is C35H46FN7O4S. The van der Waals surface area contributed by atoms with Gasteiger partial charge in [0.05, 0.1) is 24.4 Å². The van der Waals surface area contributed by atoms with Gasteiger partial charge in [-0.3, -0.25) is 4.79 Å². The number of ether oxygens (including phenoxy) is 1. The number of carbonyl (C=O) groups is 1. The molecule has 3 fully saturated rings. The van der Waals surface area contributed by atoms with Crippen LogP contribution in [0.15, 0.2) is 43.2 Å². The fourth-order valence-electron chi connectivity index (χ4n) is 7.56. The lowest BCUT2D eigenvalue weighted by Crippen LogP contribution is -2.49. The Kier molecular flexibility index (Phi) is 9.89. The number of fused-ring (bicyclic) bond motifs is 1. The lowest BCUT2D eigenvalue weighted by atomic mass is 9.83. The molecule has 1 amide bonds. The molecule has 0 unspecified atom stereocenters. The summed E-state index contributed by atoms with van der Waals surface area (Å²) in [6.45, 7) is 10.8. The monoisotopic (exact) mass is 679 g/mol. The van der Waals surface area contributed by atoms with Crippen molar-refractivity contribution in [2.24, 2.45) is 5.92 Å². The molecule has 0 radical (unpaired) electrons. The highest BCUT2D eigenvalue weighted by atomic mass is 32.2. The molecule has 48 heavy (non-hydrogen) atoms. The number of methoxy groups -OCH3 is 1. The smallest absolute Gasteiger partial charge is 0.246 e. The molecule has 5 heterocycles. The number of anilines is 4. The van der Waals surface area contributed by atoms with Crippen molar-refractivity contribution in [1.82, 2.24) is 19.9 Å². The van der Waals surface area contributed by atoms with Crippen LogP contribution in [0.4, 0.5) is 27.7 Å². The first-order valence-electron chi connectivity index (χ1n) is 16.8. The highest BCUT2D eigenvalue weighted by Gasteiger charge is 2.35. The second-order valence-electron chi connectivity index (χ2n) is 13.7. The third-order valence-corrected chi connectivity index (χ3v) is 10.8. The summed E-state index contributed by atoms with van der Waals surface area (Å²) in [5, 5.41) is 5.35. The zero-order chi connectivity index (χ0) is 34.2. The van der Waals surface area contributed by atoms with Crippen LogP contribution in [0, 0.1) is 5.92 Å². The number of alkyl halides is 1. The van der Waals surface area contributed by atoms with Gasteiger partial charge in [0.25, 0.3) is 0 Å². The van der Waals surface area contributed by atoms with Gasteiger partial charge in [-0.25, -0.2) is 22.8 Å². The average molecular weight is 680 g/mol. The van der Waals surface area contributed by atoms with Crippen molar-refractivity contribution in [1.29, 1.82) is 0 Å². The van der Waals surface area contributed by atoms with Crippen LogP contribution in [0.2, 0.25) is 0 Å². The second-order valence-corrected chi connectivity index (χ2v) is 15.9. The molecule has 1 N–H and O–H groups in total. The number of piperidine rings is 2. The Bertz CT molecular complexity index is 1780. The average Bonchev–Trinajstić information content (AvgIpc) is 3.04. The van der Waals surface area contributed by atoms with Crippen molar-refractivity contribution in [3.8, 4) is 0 Å². The van der Waals surface area contributed by atoms with E-state index in [1.54, 1.807) is 12.3 Å². The molecule has 3 aliphatic heterocycles. The van der Waals surface area contributed by atoms with Crippen LogP contribution in [0.5, 0.6) is 0 Å². The number of nitrogens with zero attached hydrogens (tertiary/aromatic N) is 6. The van der Waals surface area contributed by atoms with Crippen LogP contribution >= 0.6 is 0 Å². The first-order valence-corrected chi connectivity index (χ1v) is 18.9. The van der Waals surface area contributed by atoms with Gasteiger partial charge in [0, 0.05) is 68.9 Å². The minimum atomic E-state index is -3.09. The Labute approximate surface area is 282 Å². The van der Waals surface area contributed by atoms with Gasteiger partial charge in [-0.1, -0.05) is 20.4 Å². The number of nitrogens with one attached hydrogen (secondary N) is 1. The van der Waals surface area contributed by atoms with Gasteiger partial charge in [-0.15, -0.1) is 0 Å². The predicted molar refractivity (Wildman–Crippen MR) is 188 cm³/mol. The summed E-state index contributed by atoms with van der Waals surface area (Å²) in [7, 11) is -1.55. The van der Waals surface area contributed by atoms with Crippen molar-refractivity contribution < 1.29 is 22.3 Å². The molecular weight excluding hydrogens is 633 g/mol. The maximum atomic E-state index is 14.6. The van der Waals surface area contributed by atoms with E-state index in [-0.39, 0.29) is 36.1 Å². The van der Waals surface area contributed by atoms with E-state index in [9.17, 15) is 17.6 Å². The number of rotatable bonds is 10. The molecule has 3 atom stereocenters. The molecule has 3 saturated heterocycles. The summed E-state index contributed by atoms with van der Waals surface area (Å²) < 4.78 is 44.0. The summed E-state index contributed by atoms with van der Waals surface area (Å²) in [5.41, 5.74) is 3.25. The molecule has 3 aromatic rings. The Morgan fingerprint density at radius 1 is 1.10 bits per heavy atom. The van der Waals surface area contributed by atoms with Crippen LogP contribution in [0.3, 0.4) is 0 Å². The zero-order valence-electron chi connectivity index (χ0n) is 28.2. The number of pyridine rings is 1.